The van der Waals surface area contributed by atoms with Gasteiger partial charge in [0.25, 0.3) is 10.0 Å². The van der Waals surface area contributed by atoms with Gasteiger partial charge in [0.05, 0.1) is 4.90 Å². The molecule has 1 N–H and O–H groups in total. The fraction of sp³-hybridized carbons (Fsp3) is 0.150. The Labute approximate surface area is 188 Å². The molecule has 0 saturated carbocycles. The van der Waals surface area contributed by atoms with Gasteiger partial charge in [-0.25, -0.2) is 4.39 Å². The largest absolute Gasteiger partial charge is 0.326 e. The monoisotopic (exact) mass is 481 g/mol. The van der Waals surface area contributed by atoms with Crippen LogP contribution < -0.4 is 5.32 Å². The van der Waals surface area contributed by atoms with Crippen LogP contribution >= 0.6 is 23.4 Å². The summed E-state index contributed by atoms with van der Waals surface area (Å²) in [5.41, 5.74) is 0.379. The summed E-state index contributed by atoms with van der Waals surface area (Å²) in [5.74, 6) is -1.37. The summed E-state index contributed by atoms with van der Waals surface area (Å²) < 4.78 is 42.1. The van der Waals surface area contributed by atoms with Gasteiger partial charge in [-0.05, 0) is 48.5 Å². The van der Waals surface area contributed by atoms with E-state index in [-0.39, 0.29) is 23.0 Å². The van der Waals surface area contributed by atoms with E-state index in [9.17, 15) is 22.4 Å². The Kier molecular flexibility index (Phi) is 7.14. The summed E-state index contributed by atoms with van der Waals surface area (Å²) in [6, 6.07) is 10.7. The molecule has 2 aromatic rings. The van der Waals surface area contributed by atoms with Crippen LogP contribution in [0.5, 0.6) is 0 Å². The Hall–Kier alpha value is -2.69. The summed E-state index contributed by atoms with van der Waals surface area (Å²) in [6.07, 6.45) is 1.22. The molecule has 3 rings (SSSR count). The Morgan fingerprint density at radius 1 is 1.23 bits per heavy atom. The zero-order valence-corrected chi connectivity index (χ0v) is 18.4. The van der Waals surface area contributed by atoms with Crippen molar-refractivity contribution in [2.24, 2.45) is 4.40 Å². The predicted octanol–water partition coefficient (Wildman–Crippen LogP) is 3.68. The summed E-state index contributed by atoms with van der Waals surface area (Å²) >= 11 is 6.68. The maximum absolute atomic E-state index is 13.0. The van der Waals surface area contributed by atoms with Gasteiger partial charge in [0.2, 0.25) is 11.8 Å². The highest BCUT2D eigenvalue weighted by atomic mass is 35.5. The van der Waals surface area contributed by atoms with Gasteiger partial charge in [0, 0.05) is 23.7 Å². The molecule has 11 heteroatoms. The molecule has 31 heavy (non-hydrogen) atoms. The smallest absolute Gasteiger partial charge is 0.284 e. The fourth-order valence-electron chi connectivity index (χ4n) is 2.68. The van der Waals surface area contributed by atoms with E-state index in [1.165, 1.54) is 59.5 Å². The molecule has 0 radical (unpaired) electrons. The fourth-order valence-corrected chi connectivity index (χ4v) is 5.17. The molecule has 0 aromatic heterocycles. The van der Waals surface area contributed by atoms with Gasteiger partial charge in [-0.1, -0.05) is 29.4 Å². The predicted molar refractivity (Wildman–Crippen MR) is 119 cm³/mol. The van der Waals surface area contributed by atoms with Gasteiger partial charge in [-0.2, -0.15) is 8.42 Å². The Morgan fingerprint density at radius 2 is 1.87 bits per heavy atom. The minimum atomic E-state index is -4.10. The van der Waals surface area contributed by atoms with Crippen LogP contribution in [0.4, 0.5) is 10.1 Å². The first-order chi connectivity index (χ1) is 14.7. The minimum absolute atomic E-state index is 0.0386. The third-order valence-corrected chi connectivity index (χ3v) is 6.96. The first kappa shape index (κ1) is 23.0. The number of hydrogen-bond acceptors (Lipinski definition) is 5. The molecular weight excluding hydrogens is 465 g/mol. The number of thioether (sulfide) groups is 1. The van der Waals surface area contributed by atoms with E-state index in [1.54, 1.807) is 0 Å². The van der Waals surface area contributed by atoms with E-state index >= 15 is 0 Å². The van der Waals surface area contributed by atoms with Gasteiger partial charge in [0.15, 0.2) is 5.17 Å². The number of rotatable bonds is 7. The number of nitrogens with zero attached hydrogens (tertiary/aromatic N) is 2. The summed E-state index contributed by atoms with van der Waals surface area (Å²) in [4.78, 5) is 26.2. The van der Waals surface area contributed by atoms with Gasteiger partial charge in [-0.3, -0.25) is 14.5 Å². The van der Waals surface area contributed by atoms with E-state index in [0.29, 0.717) is 10.7 Å². The van der Waals surface area contributed by atoms with E-state index in [1.807, 2.05) is 0 Å². The highest BCUT2D eigenvalue weighted by Crippen LogP contribution is 2.31. The average molecular weight is 482 g/mol. The number of carbonyl (C=O) groups is 2. The van der Waals surface area contributed by atoms with E-state index in [2.05, 4.69) is 16.3 Å². The molecule has 162 valence electrons. The molecule has 2 aromatic carbocycles. The van der Waals surface area contributed by atoms with Crippen molar-refractivity contribution in [1.82, 2.24) is 4.90 Å². The van der Waals surface area contributed by atoms with E-state index < -0.39 is 32.9 Å². The number of halogens is 2. The normalized spacial score (nSPS) is 17.7. The SMILES string of the molecule is C=CCN1C(=O)[C@H](CC(=O)Nc2ccc(F)cc2)SC1=NS(=O)(=O)c1ccc(Cl)cc1. The second-order valence-electron chi connectivity index (χ2n) is 6.41. The Balaban J connectivity index is 1.78. The zero-order valence-electron chi connectivity index (χ0n) is 16.0. The first-order valence-electron chi connectivity index (χ1n) is 8.94. The number of amides is 2. The topological polar surface area (TPSA) is 95.9 Å². The van der Waals surface area contributed by atoms with Crippen LogP contribution in [0.1, 0.15) is 6.42 Å². The quantitative estimate of drug-likeness (QED) is 0.608. The van der Waals surface area contributed by atoms with Gasteiger partial charge in [-0.15, -0.1) is 11.0 Å². The highest BCUT2D eigenvalue weighted by molar-refractivity contribution is 8.16. The van der Waals surface area contributed by atoms with Gasteiger partial charge < -0.3 is 5.32 Å². The number of amidine groups is 1. The number of hydrogen-bond donors (Lipinski definition) is 1. The molecular formula is C20H17ClFN3O4S2. The highest BCUT2D eigenvalue weighted by Gasteiger charge is 2.39. The lowest BCUT2D eigenvalue weighted by molar-refractivity contribution is -0.127. The number of nitrogens with one attached hydrogen (secondary N) is 1. The molecule has 1 atom stereocenters. The number of carbonyl (C=O) groups excluding carboxylic acids is 2. The van der Waals surface area contributed by atoms with Crippen molar-refractivity contribution < 1.29 is 22.4 Å². The van der Waals surface area contributed by atoms with Gasteiger partial charge in [0.1, 0.15) is 11.1 Å². The van der Waals surface area contributed by atoms with E-state index in [0.717, 1.165) is 11.8 Å². The molecule has 0 aliphatic carbocycles. The Bertz CT molecular complexity index is 1140. The van der Waals surface area contributed by atoms with Crippen molar-refractivity contribution >= 4 is 56.1 Å². The van der Waals surface area contributed by atoms with Crippen molar-refractivity contribution in [2.45, 2.75) is 16.6 Å². The molecule has 1 heterocycles. The molecule has 1 fully saturated rings. The van der Waals surface area contributed by atoms with Crippen molar-refractivity contribution in [3.63, 3.8) is 0 Å². The molecule has 0 unspecified atom stereocenters. The Morgan fingerprint density at radius 3 is 2.48 bits per heavy atom. The second kappa shape index (κ2) is 9.63. The van der Waals surface area contributed by atoms with Crippen LogP contribution in [0.3, 0.4) is 0 Å². The lowest BCUT2D eigenvalue weighted by Crippen LogP contribution is -2.33. The van der Waals surface area contributed by atoms with Crippen LogP contribution in [0.2, 0.25) is 5.02 Å². The van der Waals surface area contributed by atoms with Crippen molar-refractivity contribution in [3.8, 4) is 0 Å². The van der Waals surface area contributed by atoms with Crippen LogP contribution in [0.15, 0.2) is 70.5 Å². The van der Waals surface area contributed by atoms with Gasteiger partial charge >= 0.3 is 0 Å². The minimum Gasteiger partial charge on any atom is -0.326 e. The molecule has 2 amide bonds. The summed E-state index contributed by atoms with van der Waals surface area (Å²) in [7, 11) is -4.10. The zero-order chi connectivity index (χ0) is 22.6. The number of sulfonamides is 1. The number of benzene rings is 2. The molecule has 7 nitrogen and oxygen atoms in total. The average Bonchev–Trinajstić information content (AvgIpc) is 2.98. The van der Waals surface area contributed by atoms with Crippen LogP contribution in [-0.2, 0) is 19.6 Å². The van der Waals surface area contributed by atoms with Crippen molar-refractivity contribution in [2.75, 3.05) is 11.9 Å². The van der Waals surface area contributed by atoms with Crippen molar-refractivity contribution in [1.29, 1.82) is 0 Å². The standard InChI is InChI=1S/C20H17ClFN3O4S2/c1-2-11-25-19(27)17(12-18(26)23-15-7-5-14(22)6-8-15)30-20(25)24-31(28,29)16-9-3-13(21)4-10-16/h2-10,17H,1,11-12H2,(H,23,26)/t17-/m0/s1. The maximum atomic E-state index is 13.0. The van der Waals surface area contributed by atoms with E-state index in [4.69, 9.17) is 11.6 Å². The molecule has 1 saturated heterocycles. The summed E-state index contributed by atoms with van der Waals surface area (Å²) in [5, 5.41) is 2.05. The number of anilines is 1. The molecule has 0 spiro atoms. The van der Waals surface area contributed by atoms with Crippen LogP contribution in [0, 0.1) is 5.82 Å². The third kappa shape index (κ3) is 5.72. The van der Waals surface area contributed by atoms with Crippen LogP contribution in [-0.4, -0.2) is 42.1 Å². The first-order valence-corrected chi connectivity index (χ1v) is 11.6. The molecule has 1 aliphatic rings. The lowest BCUT2D eigenvalue weighted by Gasteiger charge is -2.13. The maximum Gasteiger partial charge on any atom is 0.284 e. The lowest BCUT2D eigenvalue weighted by atomic mass is 10.2. The summed E-state index contributed by atoms with van der Waals surface area (Å²) in [6.45, 7) is 3.61. The third-order valence-electron chi connectivity index (χ3n) is 4.14. The van der Waals surface area contributed by atoms with Crippen LogP contribution in [0.25, 0.3) is 0 Å². The molecule has 0 bridgehead atoms. The second-order valence-corrected chi connectivity index (χ2v) is 9.62. The molecule has 1 aliphatic heterocycles. The van der Waals surface area contributed by atoms with Crippen molar-refractivity contribution in [3.05, 3.63) is 72.0 Å².